The summed E-state index contributed by atoms with van der Waals surface area (Å²) in [4.78, 5) is 15.8. The molecule has 3 heteroatoms. The second-order valence-electron chi connectivity index (χ2n) is 5.05. The third-order valence-corrected chi connectivity index (χ3v) is 2.82. The van der Waals surface area contributed by atoms with Gasteiger partial charge in [0.05, 0.1) is 6.54 Å². The number of carbonyl (C=O) groups excluding carboxylic acids is 1. The topological polar surface area (TPSA) is 23.6 Å². The van der Waals surface area contributed by atoms with Gasteiger partial charge in [0, 0.05) is 19.2 Å². The van der Waals surface area contributed by atoms with Gasteiger partial charge >= 0.3 is 0 Å². The first-order valence-electron chi connectivity index (χ1n) is 6.62. The van der Waals surface area contributed by atoms with Crippen LogP contribution in [0.25, 0.3) is 0 Å². The molecule has 0 bridgehead atoms. The highest BCUT2D eigenvalue weighted by Crippen LogP contribution is 2.07. The molecule has 106 valence electrons. The lowest BCUT2D eigenvalue weighted by Gasteiger charge is -2.19. The average Bonchev–Trinajstić information content (AvgIpc) is 2.40. The van der Waals surface area contributed by atoms with Crippen molar-refractivity contribution >= 4 is 5.91 Å². The molecule has 0 fully saturated rings. The van der Waals surface area contributed by atoms with Crippen molar-refractivity contribution in [2.24, 2.45) is 0 Å². The Bertz CT molecular complexity index is 495. The van der Waals surface area contributed by atoms with Crippen molar-refractivity contribution in [2.75, 3.05) is 27.2 Å². The van der Waals surface area contributed by atoms with Crippen LogP contribution in [0.4, 0.5) is 0 Å². The summed E-state index contributed by atoms with van der Waals surface area (Å²) in [6, 6.07) is 8.12. The van der Waals surface area contributed by atoms with Crippen LogP contribution >= 0.6 is 0 Å². The van der Waals surface area contributed by atoms with Crippen LogP contribution in [0.5, 0.6) is 0 Å². The third-order valence-electron chi connectivity index (χ3n) is 2.82. The number of carbonyl (C=O) groups is 1. The first kappa shape index (κ1) is 16.0. The molecule has 3 nitrogen and oxygen atoms in total. The molecule has 0 aliphatic heterocycles. The Balaban J connectivity index is 2.68. The van der Waals surface area contributed by atoms with Gasteiger partial charge < -0.3 is 9.80 Å². The Hall–Kier alpha value is -2.05. The van der Waals surface area contributed by atoms with Crippen LogP contribution in [0.1, 0.15) is 11.1 Å². The number of terminal acetylenes is 1. The van der Waals surface area contributed by atoms with Gasteiger partial charge in [-0.25, -0.2) is 0 Å². The molecule has 20 heavy (non-hydrogen) atoms. The van der Waals surface area contributed by atoms with Gasteiger partial charge in [0.15, 0.2) is 0 Å². The lowest BCUT2D eigenvalue weighted by molar-refractivity contribution is -0.126. The SMILES string of the molecule is C#CCN(Cc1ccc(C)cc1)C(=O)/C=C/CN(C)C. The molecule has 0 spiro atoms. The smallest absolute Gasteiger partial charge is 0.247 e. The summed E-state index contributed by atoms with van der Waals surface area (Å²) in [6.45, 7) is 3.63. The number of hydrogen-bond acceptors (Lipinski definition) is 2. The molecule has 1 aromatic rings. The van der Waals surface area contributed by atoms with Gasteiger partial charge in [-0.2, -0.15) is 0 Å². The molecular weight excluding hydrogens is 248 g/mol. The zero-order valence-electron chi connectivity index (χ0n) is 12.5. The van der Waals surface area contributed by atoms with E-state index in [1.54, 1.807) is 11.0 Å². The highest BCUT2D eigenvalue weighted by atomic mass is 16.2. The Kier molecular flexibility index (Phi) is 6.55. The van der Waals surface area contributed by atoms with Crippen molar-refractivity contribution in [3.8, 4) is 12.3 Å². The Labute approximate surface area is 121 Å². The van der Waals surface area contributed by atoms with E-state index in [4.69, 9.17) is 6.42 Å². The minimum Gasteiger partial charge on any atom is -0.324 e. The molecule has 0 N–H and O–H groups in total. The van der Waals surface area contributed by atoms with E-state index in [0.29, 0.717) is 13.1 Å². The molecule has 0 heterocycles. The van der Waals surface area contributed by atoms with Crippen LogP contribution < -0.4 is 0 Å². The van der Waals surface area contributed by atoms with Crippen molar-refractivity contribution in [3.05, 3.63) is 47.5 Å². The van der Waals surface area contributed by atoms with Gasteiger partial charge in [-0.1, -0.05) is 41.8 Å². The summed E-state index contributed by atoms with van der Waals surface area (Å²) in [5, 5.41) is 0. The zero-order chi connectivity index (χ0) is 15.0. The van der Waals surface area contributed by atoms with E-state index >= 15 is 0 Å². The van der Waals surface area contributed by atoms with Gasteiger partial charge in [-0.15, -0.1) is 6.42 Å². The number of aryl methyl sites for hydroxylation is 1. The van der Waals surface area contributed by atoms with Crippen LogP contribution in [-0.2, 0) is 11.3 Å². The minimum atomic E-state index is -0.0506. The highest BCUT2D eigenvalue weighted by Gasteiger charge is 2.09. The first-order chi connectivity index (χ1) is 9.52. The molecular formula is C17H22N2O. The van der Waals surface area contributed by atoms with Crippen LogP contribution in [0.2, 0.25) is 0 Å². The molecule has 0 radical (unpaired) electrons. The van der Waals surface area contributed by atoms with Gasteiger partial charge in [0.25, 0.3) is 0 Å². The fraction of sp³-hybridized carbons (Fsp3) is 0.353. The van der Waals surface area contributed by atoms with Crippen molar-refractivity contribution in [3.63, 3.8) is 0 Å². The van der Waals surface area contributed by atoms with E-state index in [1.165, 1.54) is 5.56 Å². The van der Waals surface area contributed by atoms with E-state index < -0.39 is 0 Å². The van der Waals surface area contributed by atoms with Crippen LogP contribution in [-0.4, -0.2) is 42.9 Å². The molecule has 0 saturated heterocycles. The van der Waals surface area contributed by atoms with Crippen molar-refractivity contribution < 1.29 is 4.79 Å². The summed E-state index contributed by atoms with van der Waals surface area (Å²) < 4.78 is 0. The lowest BCUT2D eigenvalue weighted by Crippen LogP contribution is -2.29. The Morgan fingerprint density at radius 3 is 2.50 bits per heavy atom. The number of hydrogen-bond donors (Lipinski definition) is 0. The van der Waals surface area contributed by atoms with Crippen LogP contribution in [0, 0.1) is 19.3 Å². The number of rotatable bonds is 6. The standard InChI is InChI=1S/C17H22N2O/c1-5-12-19(17(20)7-6-13-18(3)4)14-16-10-8-15(2)9-11-16/h1,6-11H,12-14H2,2-4H3/b7-6+. The fourth-order valence-corrected chi connectivity index (χ4v) is 1.71. The summed E-state index contributed by atoms with van der Waals surface area (Å²) >= 11 is 0. The summed E-state index contributed by atoms with van der Waals surface area (Å²) in [5.41, 5.74) is 2.29. The number of likely N-dealkylation sites (N-methyl/N-ethyl adjacent to an activating group) is 1. The normalized spacial score (nSPS) is 10.8. The van der Waals surface area contributed by atoms with E-state index in [1.807, 2.05) is 56.3 Å². The van der Waals surface area contributed by atoms with Gasteiger partial charge in [0.2, 0.25) is 5.91 Å². The molecule has 1 aromatic carbocycles. The van der Waals surface area contributed by atoms with Gasteiger partial charge in [-0.05, 0) is 26.6 Å². The van der Waals surface area contributed by atoms with Crippen molar-refractivity contribution in [1.82, 2.24) is 9.80 Å². The largest absolute Gasteiger partial charge is 0.324 e. The second-order valence-corrected chi connectivity index (χ2v) is 5.05. The fourth-order valence-electron chi connectivity index (χ4n) is 1.71. The van der Waals surface area contributed by atoms with E-state index in [2.05, 4.69) is 5.92 Å². The Morgan fingerprint density at radius 2 is 1.95 bits per heavy atom. The summed E-state index contributed by atoms with van der Waals surface area (Å²) in [6.07, 6.45) is 8.78. The lowest BCUT2D eigenvalue weighted by atomic mass is 10.1. The van der Waals surface area contributed by atoms with Gasteiger partial charge in [0.1, 0.15) is 0 Å². The molecule has 1 amide bonds. The molecule has 0 aliphatic rings. The molecule has 1 rings (SSSR count). The predicted octanol–water partition coefficient (Wildman–Crippen LogP) is 2.07. The predicted molar refractivity (Wildman–Crippen MR) is 83.1 cm³/mol. The Morgan fingerprint density at radius 1 is 1.30 bits per heavy atom. The molecule has 0 aliphatic carbocycles. The van der Waals surface area contributed by atoms with Crippen molar-refractivity contribution in [2.45, 2.75) is 13.5 Å². The van der Waals surface area contributed by atoms with E-state index in [-0.39, 0.29) is 5.91 Å². The third kappa shape index (κ3) is 5.73. The summed E-state index contributed by atoms with van der Waals surface area (Å²) in [5.74, 6) is 2.49. The number of benzene rings is 1. The molecule has 0 saturated carbocycles. The van der Waals surface area contributed by atoms with Crippen molar-refractivity contribution in [1.29, 1.82) is 0 Å². The second kappa shape index (κ2) is 8.19. The quantitative estimate of drug-likeness (QED) is 0.583. The molecule has 0 unspecified atom stereocenters. The maximum Gasteiger partial charge on any atom is 0.247 e. The highest BCUT2D eigenvalue weighted by molar-refractivity contribution is 5.87. The molecule has 0 aromatic heterocycles. The first-order valence-corrected chi connectivity index (χ1v) is 6.62. The molecule has 0 atom stereocenters. The van der Waals surface area contributed by atoms with E-state index in [9.17, 15) is 4.79 Å². The zero-order valence-corrected chi connectivity index (χ0v) is 12.5. The van der Waals surface area contributed by atoms with Crippen LogP contribution in [0.15, 0.2) is 36.4 Å². The monoisotopic (exact) mass is 270 g/mol. The van der Waals surface area contributed by atoms with E-state index in [0.717, 1.165) is 12.1 Å². The minimum absolute atomic E-state index is 0.0506. The average molecular weight is 270 g/mol. The number of nitrogens with zero attached hydrogens (tertiary/aromatic N) is 2. The number of amides is 1. The van der Waals surface area contributed by atoms with Gasteiger partial charge in [-0.3, -0.25) is 4.79 Å². The maximum atomic E-state index is 12.1. The van der Waals surface area contributed by atoms with Crippen LogP contribution in [0.3, 0.4) is 0 Å². The summed E-state index contributed by atoms with van der Waals surface area (Å²) in [7, 11) is 3.92. The maximum absolute atomic E-state index is 12.1.